The molecule has 1 aromatic carbocycles. The van der Waals surface area contributed by atoms with Gasteiger partial charge in [-0.25, -0.2) is 0 Å². The number of rotatable bonds is 7. The number of aromatic amines is 1. The Hall–Kier alpha value is -2.54. The number of aliphatic hydroxyl groups is 1. The minimum absolute atomic E-state index is 0.0679. The van der Waals surface area contributed by atoms with Gasteiger partial charge in [-0.1, -0.05) is 6.07 Å². The Morgan fingerprint density at radius 3 is 2.86 bits per heavy atom. The topological polar surface area (TPSA) is 96.5 Å². The number of nitrogens with one attached hydrogen (secondary N) is 2. The fraction of sp³-hybridized carbons (Fsp3) is 0.333. The van der Waals surface area contributed by atoms with E-state index in [0.717, 1.165) is 5.56 Å². The van der Waals surface area contributed by atoms with E-state index < -0.39 is 0 Å². The molecule has 0 aliphatic rings. The average molecular weight is 305 g/mol. The summed E-state index contributed by atoms with van der Waals surface area (Å²) in [5, 5.41) is 18.0. The highest BCUT2D eigenvalue weighted by Crippen LogP contribution is 2.30. The molecule has 0 bridgehead atoms. The summed E-state index contributed by atoms with van der Waals surface area (Å²) in [5.41, 5.74) is 1.28. The maximum absolute atomic E-state index is 12.0. The first-order chi connectivity index (χ1) is 10.7. The third kappa shape index (κ3) is 3.76. The minimum Gasteiger partial charge on any atom is -0.493 e. The summed E-state index contributed by atoms with van der Waals surface area (Å²) in [4.78, 5) is 12.0. The molecule has 3 N–H and O–H groups in total. The number of hydrogen-bond acceptors (Lipinski definition) is 5. The number of ether oxygens (including phenoxy) is 2. The quantitative estimate of drug-likeness (QED) is 0.716. The fourth-order valence-corrected chi connectivity index (χ4v) is 1.97. The average Bonchev–Trinajstić information content (AvgIpc) is 3.07. The van der Waals surface area contributed by atoms with Crippen molar-refractivity contribution >= 4 is 5.91 Å². The van der Waals surface area contributed by atoms with Crippen molar-refractivity contribution in [1.29, 1.82) is 0 Å². The molecule has 1 amide bonds. The van der Waals surface area contributed by atoms with Gasteiger partial charge >= 0.3 is 0 Å². The second-order valence-corrected chi connectivity index (χ2v) is 4.65. The summed E-state index contributed by atoms with van der Waals surface area (Å²) in [5.74, 6) is 0.866. The number of aliphatic hydroxyl groups excluding tert-OH is 1. The summed E-state index contributed by atoms with van der Waals surface area (Å²) in [6.45, 7) is 2.00. The lowest BCUT2D eigenvalue weighted by atomic mass is 10.1. The Balaban J connectivity index is 2.09. The van der Waals surface area contributed by atoms with Crippen molar-refractivity contribution < 1.29 is 19.4 Å². The SMILES string of the molecule is COc1cc(C(C)NC(=O)c2ccn[nH]2)ccc1OCCO. The van der Waals surface area contributed by atoms with Crippen molar-refractivity contribution in [1.82, 2.24) is 15.5 Å². The van der Waals surface area contributed by atoms with E-state index in [1.54, 1.807) is 25.3 Å². The Labute approximate surface area is 128 Å². The van der Waals surface area contributed by atoms with E-state index >= 15 is 0 Å². The van der Waals surface area contributed by atoms with E-state index in [-0.39, 0.29) is 25.2 Å². The van der Waals surface area contributed by atoms with Crippen LogP contribution in [0.2, 0.25) is 0 Å². The summed E-state index contributed by atoms with van der Waals surface area (Å²) in [6.07, 6.45) is 1.52. The van der Waals surface area contributed by atoms with E-state index in [1.807, 2.05) is 13.0 Å². The molecule has 2 rings (SSSR count). The molecule has 0 aliphatic carbocycles. The van der Waals surface area contributed by atoms with Crippen LogP contribution in [0.15, 0.2) is 30.5 Å². The van der Waals surface area contributed by atoms with Crippen molar-refractivity contribution in [2.45, 2.75) is 13.0 Å². The number of hydrogen-bond donors (Lipinski definition) is 3. The van der Waals surface area contributed by atoms with Gasteiger partial charge in [-0.15, -0.1) is 0 Å². The van der Waals surface area contributed by atoms with Crippen LogP contribution in [0.5, 0.6) is 11.5 Å². The molecule has 1 aromatic heterocycles. The van der Waals surface area contributed by atoms with Gasteiger partial charge in [0, 0.05) is 6.20 Å². The highest BCUT2D eigenvalue weighted by Gasteiger charge is 2.14. The molecule has 7 nitrogen and oxygen atoms in total. The third-order valence-corrected chi connectivity index (χ3v) is 3.13. The number of aromatic nitrogens is 2. The van der Waals surface area contributed by atoms with E-state index in [0.29, 0.717) is 17.2 Å². The number of nitrogens with zero attached hydrogens (tertiary/aromatic N) is 1. The molecule has 1 heterocycles. The number of benzene rings is 1. The molecule has 2 aromatic rings. The maximum atomic E-state index is 12.0. The molecule has 0 fully saturated rings. The standard InChI is InChI=1S/C15H19N3O4/c1-10(17-15(20)12-5-6-16-18-12)11-3-4-13(22-8-7-19)14(9-11)21-2/h3-6,9-10,19H,7-8H2,1-2H3,(H,16,18)(H,17,20). The van der Waals surface area contributed by atoms with Gasteiger partial charge in [-0.2, -0.15) is 5.10 Å². The van der Waals surface area contributed by atoms with Crippen molar-refractivity contribution in [2.75, 3.05) is 20.3 Å². The number of carbonyl (C=O) groups excluding carboxylic acids is 1. The van der Waals surface area contributed by atoms with Gasteiger partial charge in [0.25, 0.3) is 5.91 Å². The van der Waals surface area contributed by atoms with Crippen LogP contribution in [0, 0.1) is 0 Å². The molecule has 1 unspecified atom stereocenters. The lowest BCUT2D eigenvalue weighted by Gasteiger charge is -2.16. The van der Waals surface area contributed by atoms with Crippen LogP contribution in [0.25, 0.3) is 0 Å². The van der Waals surface area contributed by atoms with Gasteiger partial charge in [-0.3, -0.25) is 9.89 Å². The molecule has 0 saturated carbocycles. The van der Waals surface area contributed by atoms with Gasteiger partial charge in [-0.05, 0) is 30.7 Å². The van der Waals surface area contributed by atoms with Crippen LogP contribution >= 0.6 is 0 Å². The highest BCUT2D eigenvalue weighted by molar-refractivity contribution is 5.92. The van der Waals surface area contributed by atoms with E-state index in [2.05, 4.69) is 15.5 Å². The summed E-state index contributed by atoms with van der Waals surface area (Å²) >= 11 is 0. The first-order valence-corrected chi connectivity index (χ1v) is 6.87. The molecular weight excluding hydrogens is 286 g/mol. The lowest BCUT2D eigenvalue weighted by Crippen LogP contribution is -2.27. The van der Waals surface area contributed by atoms with Crippen molar-refractivity contribution in [3.8, 4) is 11.5 Å². The Kier molecular flexibility index (Phi) is 5.37. The van der Waals surface area contributed by atoms with E-state index in [4.69, 9.17) is 14.6 Å². The molecule has 0 radical (unpaired) electrons. The van der Waals surface area contributed by atoms with Gasteiger partial charge in [0.2, 0.25) is 0 Å². The van der Waals surface area contributed by atoms with Crippen molar-refractivity contribution in [2.24, 2.45) is 0 Å². The molecule has 7 heteroatoms. The second-order valence-electron chi connectivity index (χ2n) is 4.65. The van der Waals surface area contributed by atoms with Crippen molar-refractivity contribution in [3.05, 3.63) is 41.7 Å². The van der Waals surface area contributed by atoms with Crippen LogP contribution < -0.4 is 14.8 Å². The highest BCUT2D eigenvalue weighted by atomic mass is 16.5. The maximum Gasteiger partial charge on any atom is 0.269 e. The second kappa shape index (κ2) is 7.46. The lowest BCUT2D eigenvalue weighted by molar-refractivity contribution is 0.0934. The van der Waals surface area contributed by atoms with Crippen LogP contribution in [0.3, 0.4) is 0 Å². The van der Waals surface area contributed by atoms with Gasteiger partial charge in [0.05, 0.1) is 19.8 Å². The first-order valence-electron chi connectivity index (χ1n) is 6.87. The van der Waals surface area contributed by atoms with Crippen LogP contribution in [0.4, 0.5) is 0 Å². The third-order valence-electron chi connectivity index (χ3n) is 3.13. The fourth-order valence-electron chi connectivity index (χ4n) is 1.97. The molecule has 1 atom stereocenters. The van der Waals surface area contributed by atoms with Crippen molar-refractivity contribution in [3.63, 3.8) is 0 Å². The predicted octanol–water partition coefficient (Wildman–Crippen LogP) is 1.28. The smallest absolute Gasteiger partial charge is 0.269 e. The molecule has 0 spiro atoms. The molecular formula is C15H19N3O4. The largest absolute Gasteiger partial charge is 0.493 e. The Morgan fingerprint density at radius 1 is 1.41 bits per heavy atom. The van der Waals surface area contributed by atoms with E-state index in [9.17, 15) is 4.79 Å². The molecule has 118 valence electrons. The molecule has 0 saturated heterocycles. The number of carbonyl (C=O) groups is 1. The summed E-state index contributed by atoms with van der Waals surface area (Å²) < 4.78 is 10.7. The minimum atomic E-state index is -0.232. The Bertz CT molecular complexity index is 613. The normalized spacial score (nSPS) is 11.8. The zero-order valence-electron chi connectivity index (χ0n) is 12.5. The van der Waals surface area contributed by atoms with Crippen LogP contribution in [-0.4, -0.2) is 41.5 Å². The summed E-state index contributed by atoms with van der Waals surface area (Å²) in [7, 11) is 1.54. The first kappa shape index (κ1) is 15.8. The predicted molar refractivity (Wildman–Crippen MR) is 80.0 cm³/mol. The molecule has 22 heavy (non-hydrogen) atoms. The number of H-pyrrole nitrogens is 1. The molecule has 0 aliphatic heterocycles. The zero-order chi connectivity index (χ0) is 15.9. The number of amides is 1. The Morgan fingerprint density at radius 2 is 2.23 bits per heavy atom. The van der Waals surface area contributed by atoms with Gasteiger partial charge in [0.15, 0.2) is 11.5 Å². The van der Waals surface area contributed by atoms with Gasteiger partial charge in [0.1, 0.15) is 12.3 Å². The van der Waals surface area contributed by atoms with E-state index in [1.165, 1.54) is 6.20 Å². The zero-order valence-corrected chi connectivity index (χ0v) is 12.5. The van der Waals surface area contributed by atoms with Crippen LogP contribution in [-0.2, 0) is 0 Å². The summed E-state index contributed by atoms with van der Waals surface area (Å²) in [6, 6.07) is 6.78. The number of methoxy groups -OCH3 is 1. The van der Waals surface area contributed by atoms with Gasteiger partial charge < -0.3 is 19.9 Å². The van der Waals surface area contributed by atoms with Crippen LogP contribution in [0.1, 0.15) is 29.0 Å². The monoisotopic (exact) mass is 305 g/mol.